The van der Waals surface area contributed by atoms with E-state index in [2.05, 4.69) is 9.72 Å². The molecule has 1 aliphatic heterocycles. The normalized spacial score (nSPS) is 16.8. The average Bonchev–Trinajstić information content (AvgIpc) is 2.95. The van der Waals surface area contributed by atoms with Crippen molar-refractivity contribution in [1.29, 1.82) is 0 Å². The molecule has 0 saturated carbocycles. The first-order valence-corrected chi connectivity index (χ1v) is 7.11. The maximum absolute atomic E-state index is 12.2. The van der Waals surface area contributed by atoms with E-state index in [0.29, 0.717) is 5.56 Å². The minimum absolute atomic E-state index is 0.0369. The van der Waals surface area contributed by atoms with Crippen molar-refractivity contribution in [2.24, 2.45) is 0 Å². The van der Waals surface area contributed by atoms with Crippen molar-refractivity contribution in [2.45, 2.75) is 25.6 Å². The lowest BCUT2D eigenvalue weighted by Crippen LogP contribution is -2.32. The predicted octanol–water partition coefficient (Wildman–Crippen LogP) is 2.67. The van der Waals surface area contributed by atoms with Crippen LogP contribution < -0.4 is 9.47 Å². The third-order valence-corrected chi connectivity index (χ3v) is 3.33. The SMILES string of the molecule is O=[N+]([O-])c1cn2c(n1)OC[C@@H](OCc1cccc(OC(F)(F)F)c1)C2. The standard InChI is InChI=1S/C14H12F3N3O5/c15-14(16,17)25-10-3-1-2-9(4-10)7-23-11-5-19-6-12(20(21)22)18-13(19)24-8-11/h1-4,6,11H,5,7-8H2/t11-/m0/s1. The molecule has 3 rings (SSSR count). The van der Waals surface area contributed by atoms with Gasteiger partial charge in [0.2, 0.25) is 0 Å². The van der Waals surface area contributed by atoms with Crippen LogP contribution in [0.4, 0.5) is 19.0 Å². The van der Waals surface area contributed by atoms with Crippen molar-refractivity contribution in [3.8, 4) is 11.8 Å². The van der Waals surface area contributed by atoms with E-state index < -0.39 is 17.4 Å². The van der Waals surface area contributed by atoms with Gasteiger partial charge in [-0.1, -0.05) is 12.1 Å². The zero-order valence-electron chi connectivity index (χ0n) is 12.6. The molecule has 1 aromatic carbocycles. The molecule has 25 heavy (non-hydrogen) atoms. The molecule has 0 amide bonds. The number of nitro groups is 1. The molecule has 0 aliphatic carbocycles. The number of halogens is 3. The van der Waals surface area contributed by atoms with Crippen molar-refractivity contribution in [2.75, 3.05) is 6.61 Å². The van der Waals surface area contributed by atoms with Crippen molar-refractivity contribution in [1.82, 2.24) is 9.55 Å². The van der Waals surface area contributed by atoms with Gasteiger partial charge in [0.25, 0.3) is 0 Å². The van der Waals surface area contributed by atoms with Gasteiger partial charge >= 0.3 is 18.2 Å². The molecule has 1 atom stereocenters. The van der Waals surface area contributed by atoms with Gasteiger partial charge < -0.3 is 24.3 Å². The molecule has 0 radical (unpaired) electrons. The Morgan fingerprint density at radius 1 is 1.44 bits per heavy atom. The van der Waals surface area contributed by atoms with E-state index in [0.717, 1.165) is 0 Å². The van der Waals surface area contributed by atoms with Crippen molar-refractivity contribution in [3.05, 3.63) is 46.1 Å². The van der Waals surface area contributed by atoms with E-state index in [1.54, 1.807) is 6.07 Å². The highest BCUT2D eigenvalue weighted by atomic mass is 19.4. The van der Waals surface area contributed by atoms with Crippen molar-refractivity contribution in [3.63, 3.8) is 0 Å². The van der Waals surface area contributed by atoms with Crippen LogP contribution in [0.2, 0.25) is 0 Å². The number of hydrogen-bond donors (Lipinski definition) is 0. The highest BCUT2D eigenvalue weighted by Gasteiger charge is 2.31. The summed E-state index contributed by atoms with van der Waals surface area (Å²) in [5, 5.41) is 10.7. The van der Waals surface area contributed by atoms with E-state index in [1.807, 2.05) is 0 Å². The van der Waals surface area contributed by atoms with Gasteiger partial charge in [0.05, 0.1) is 13.2 Å². The highest BCUT2D eigenvalue weighted by Crippen LogP contribution is 2.25. The van der Waals surface area contributed by atoms with E-state index in [4.69, 9.17) is 9.47 Å². The fourth-order valence-corrected chi connectivity index (χ4v) is 2.31. The third-order valence-electron chi connectivity index (χ3n) is 3.33. The first kappa shape index (κ1) is 17.0. The van der Waals surface area contributed by atoms with Gasteiger partial charge in [0.15, 0.2) is 0 Å². The van der Waals surface area contributed by atoms with Crippen molar-refractivity contribution >= 4 is 5.82 Å². The van der Waals surface area contributed by atoms with Crippen LogP contribution in [-0.4, -0.2) is 33.5 Å². The third kappa shape index (κ3) is 4.38. The Morgan fingerprint density at radius 3 is 2.96 bits per heavy atom. The summed E-state index contributed by atoms with van der Waals surface area (Å²) in [4.78, 5) is 13.8. The van der Waals surface area contributed by atoms with Gasteiger partial charge in [-0.3, -0.25) is 4.57 Å². The smallest absolute Gasteiger partial charge is 0.443 e. The summed E-state index contributed by atoms with van der Waals surface area (Å²) in [5.74, 6) is -0.659. The first-order valence-electron chi connectivity index (χ1n) is 7.11. The number of benzene rings is 1. The van der Waals surface area contributed by atoms with Crippen LogP contribution in [0, 0.1) is 10.1 Å². The number of imidazole rings is 1. The monoisotopic (exact) mass is 359 g/mol. The van der Waals surface area contributed by atoms with E-state index in [9.17, 15) is 23.3 Å². The Morgan fingerprint density at radius 2 is 2.24 bits per heavy atom. The molecule has 0 bridgehead atoms. The maximum Gasteiger partial charge on any atom is 0.573 e. The van der Waals surface area contributed by atoms with Gasteiger partial charge in [-0.15, -0.1) is 13.2 Å². The van der Waals surface area contributed by atoms with Crippen LogP contribution in [0.15, 0.2) is 30.5 Å². The Bertz CT molecular complexity index is 777. The molecule has 1 aromatic heterocycles. The number of nitrogens with zero attached hydrogens (tertiary/aromatic N) is 3. The number of rotatable bonds is 5. The zero-order valence-corrected chi connectivity index (χ0v) is 12.6. The Labute approximate surface area is 138 Å². The van der Waals surface area contributed by atoms with Gasteiger partial charge in [0, 0.05) is 4.98 Å². The molecule has 0 N–H and O–H groups in total. The summed E-state index contributed by atoms with van der Waals surface area (Å²) in [6, 6.07) is 5.57. The van der Waals surface area contributed by atoms with E-state index in [-0.39, 0.29) is 37.3 Å². The number of fused-ring (bicyclic) bond motifs is 1. The summed E-state index contributed by atoms with van der Waals surface area (Å²) in [6.45, 7) is 0.455. The molecule has 0 fully saturated rings. The largest absolute Gasteiger partial charge is 0.573 e. The van der Waals surface area contributed by atoms with Crippen molar-refractivity contribution < 1.29 is 32.3 Å². The van der Waals surface area contributed by atoms with Gasteiger partial charge in [-0.2, -0.15) is 0 Å². The van der Waals surface area contributed by atoms with Crippen LogP contribution in [0.1, 0.15) is 5.56 Å². The van der Waals surface area contributed by atoms with Gasteiger partial charge in [-0.05, 0) is 22.6 Å². The van der Waals surface area contributed by atoms with E-state index >= 15 is 0 Å². The number of hydrogen-bond acceptors (Lipinski definition) is 6. The Balaban J connectivity index is 1.59. The van der Waals surface area contributed by atoms with Gasteiger partial charge in [-0.25, -0.2) is 0 Å². The zero-order chi connectivity index (χ0) is 18.0. The minimum Gasteiger partial charge on any atom is -0.443 e. The molecule has 2 heterocycles. The van der Waals surface area contributed by atoms with Crippen LogP contribution in [0.3, 0.4) is 0 Å². The molecular formula is C14H12F3N3O5. The highest BCUT2D eigenvalue weighted by molar-refractivity contribution is 5.28. The van der Waals surface area contributed by atoms with Crippen LogP contribution in [-0.2, 0) is 17.9 Å². The van der Waals surface area contributed by atoms with Gasteiger partial charge in [0.1, 0.15) is 24.7 Å². The predicted molar refractivity (Wildman–Crippen MR) is 76.1 cm³/mol. The summed E-state index contributed by atoms with van der Waals surface area (Å²) in [5.41, 5.74) is 0.490. The van der Waals surface area contributed by atoms with Crippen LogP contribution in [0.25, 0.3) is 0 Å². The second-order valence-electron chi connectivity index (χ2n) is 5.23. The number of aromatic nitrogens is 2. The fourth-order valence-electron chi connectivity index (χ4n) is 2.31. The second-order valence-corrected chi connectivity index (χ2v) is 5.23. The summed E-state index contributed by atoms with van der Waals surface area (Å²) in [6.07, 6.45) is -3.94. The Hall–Kier alpha value is -2.82. The summed E-state index contributed by atoms with van der Waals surface area (Å²) in [7, 11) is 0. The maximum atomic E-state index is 12.2. The quantitative estimate of drug-likeness (QED) is 0.602. The lowest BCUT2D eigenvalue weighted by atomic mass is 10.2. The van der Waals surface area contributed by atoms with E-state index in [1.165, 1.54) is 29.0 Å². The minimum atomic E-state index is -4.76. The lowest BCUT2D eigenvalue weighted by molar-refractivity contribution is -0.389. The molecule has 0 unspecified atom stereocenters. The Kier molecular flexibility index (Phi) is 4.49. The molecule has 2 aromatic rings. The molecule has 0 spiro atoms. The second kappa shape index (κ2) is 6.59. The summed E-state index contributed by atoms with van der Waals surface area (Å²) >= 11 is 0. The average molecular weight is 359 g/mol. The number of ether oxygens (including phenoxy) is 3. The molecule has 1 aliphatic rings. The first-order chi connectivity index (χ1) is 11.8. The van der Waals surface area contributed by atoms with Crippen LogP contribution in [0.5, 0.6) is 11.8 Å². The summed E-state index contributed by atoms with van der Waals surface area (Å²) < 4.78 is 52.9. The molecule has 8 nitrogen and oxygen atoms in total. The topological polar surface area (TPSA) is 88.7 Å². The molecule has 134 valence electrons. The van der Waals surface area contributed by atoms with Crippen LogP contribution >= 0.6 is 0 Å². The molecule has 0 saturated heterocycles. The number of alkyl halides is 3. The fraction of sp³-hybridized carbons (Fsp3) is 0.357. The molecule has 11 heteroatoms. The lowest BCUT2D eigenvalue weighted by Gasteiger charge is -2.22. The molecular weight excluding hydrogens is 347 g/mol.